The molecule has 1 atom stereocenters. The number of anilines is 1. The molecule has 0 bridgehead atoms. The zero-order valence-corrected chi connectivity index (χ0v) is 13.6. The van der Waals surface area contributed by atoms with Crippen LogP contribution in [0.4, 0.5) is 5.69 Å². The van der Waals surface area contributed by atoms with Gasteiger partial charge in [-0.2, -0.15) is 8.42 Å². The van der Waals surface area contributed by atoms with Gasteiger partial charge in [0, 0.05) is 17.3 Å². The van der Waals surface area contributed by atoms with Gasteiger partial charge in [-0.05, 0) is 25.1 Å². The minimum Gasteiger partial charge on any atom is -0.467 e. The Bertz CT molecular complexity index is 590. The van der Waals surface area contributed by atoms with Crippen molar-refractivity contribution in [1.29, 1.82) is 0 Å². The van der Waals surface area contributed by atoms with E-state index in [1.54, 1.807) is 36.1 Å². The number of carbonyl (C=O) groups is 1. The Labute approximate surface area is 129 Å². The predicted molar refractivity (Wildman–Crippen MR) is 81.1 cm³/mol. The highest BCUT2D eigenvalue weighted by Gasteiger charge is 2.22. The molecule has 1 aromatic carbocycles. The third-order valence-electron chi connectivity index (χ3n) is 2.78. The lowest BCUT2D eigenvalue weighted by Crippen LogP contribution is -2.42. The van der Waals surface area contributed by atoms with Crippen LogP contribution in [0.1, 0.15) is 6.92 Å². The molecule has 6 nitrogen and oxygen atoms in total. The number of ether oxygens (including phenoxy) is 1. The van der Waals surface area contributed by atoms with Crippen molar-refractivity contribution in [2.75, 3.05) is 31.4 Å². The van der Waals surface area contributed by atoms with Crippen molar-refractivity contribution < 1.29 is 22.1 Å². The van der Waals surface area contributed by atoms with Gasteiger partial charge in [0.2, 0.25) is 0 Å². The van der Waals surface area contributed by atoms with Crippen LogP contribution in [-0.2, 0) is 23.8 Å². The fourth-order valence-corrected chi connectivity index (χ4v) is 2.35. The van der Waals surface area contributed by atoms with Crippen LogP contribution >= 0.6 is 11.6 Å². The highest BCUT2D eigenvalue weighted by Crippen LogP contribution is 2.21. The molecule has 1 unspecified atom stereocenters. The Balaban J connectivity index is 2.92. The third kappa shape index (κ3) is 5.91. The summed E-state index contributed by atoms with van der Waals surface area (Å²) < 4.78 is 31.5. The molecule has 1 aromatic rings. The lowest BCUT2D eigenvalue weighted by atomic mass is 10.2. The standard InChI is InChI=1S/C13H18ClNO5S/c1-10(13(16)19-2)15(7-8-20-21(3,17)18)12-6-4-5-11(14)9-12/h4-6,9-10H,7-8H2,1-3H3. The molecule has 0 N–H and O–H groups in total. The van der Waals surface area contributed by atoms with Crippen LogP contribution in [0, 0.1) is 0 Å². The van der Waals surface area contributed by atoms with Gasteiger partial charge in [0.05, 0.1) is 20.0 Å². The van der Waals surface area contributed by atoms with E-state index < -0.39 is 22.1 Å². The summed E-state index contributed by atoms with van der Waals surface area (Å²) in [5.74, 6) is -0.436. The lowest BCUT2D eigenvalue weighted by molar-refractivity contribution is -0.141. The molecule has 0 heterocycles. The van der Waals surface area contributed by atoms with Crippen molar-refractivity contribution in [3.8, 4) is 0 Å². The summed E-state index contributed by atoms with van der Waals surface area (Å²) in [6.45, 7) is 1.78. The van der Waals surface area contributed by atoms with Gasteiger partial charge in [0.1, 0.15) is 6.04 Å². The number of carbonyl (C=O) groups excluding carboxylic acids is 1. The van der Waals surface area contributed by atoms with Crippen LogP contribution in [0.2, 0.25) is 5.02 Å². The maximum atomic E-state index is 11.7. The minimum absolute atomic E-state index is 0.0767. The Morgan fingerprint density at radius 3 is 2.62 bits per heavy atom. The summed E-state index contributed by atoms with van der Waals surface area (Å²) in [5.41, 5.74) is 0.678. The van der Waals surface area contributed by atoms with Crippen LogP contribution in [0.3, 0.4) is 0 Å². The topological polar surface area (TPSA) is 72.9 Å². The van der Waals surface area contributed by atoms with Crippen LogP contribution in [0.25, 0.3) is 0 Å². The highest BCUT2D eigenvalue weighted by atomic mass is 35.5. The van der Waals surface area contributed by atoms with E-state index in [9.17, 15) is 13.2 Å². The van der Waals surface area contributed by atoms with Gasteiger partial charge in [-0.3, -0.25) is 4.18 Å². The van der Waals surface area contributed by atoms with Crippen LogP contribution in [-0.4, -0.2) is 46.9 Å². The first-order valence-corrected chi connectivity index (χ1v) is 8.38. The van der Waals surface area contributed by atoms with E-state index in [4.69, 9.17) is 20.5 Å². The Morgan fingerprint density at radius 1 is 1.43 bits per heavy atom. The fraction of sp³-hybridized carbons (Fsp3) is 0.462. The average molecular weight is 336 g/mol. The molecule has 0 radical (unpaired) electrons. The highest BCUT2D eigenvalue weighted by molar-refractivity contribution is 7.85. The molecule has 8 heteroatoms. The van der Waals surface area contributed by atoms with Crippen molar-refractivity contribution in [3.63, 3.8) is 0 Å². The van der Waals surface area contributed by atoms with Gasteiger partial charge in [-0.1, -0.05) is 17.7 Å². The van der Waals surface area contributed by atoms with Crippen LogP contribution in [0.15, 0.2) is 24.3 Å². The number of benzene rings is 1. The second kappa shape index (κ2) is 7.63. The lowest BCUT2D eigenvalue weighted by Gasteiger charge is -2.29. The first-order chi connectivity index (χ1) is 9.74. The van der Waals surface area contributed by atoms with Crippen molar-refractivity contribution in [1.82, 2.24) is 0 Å². The molecule has 0 fully saturated rings. The minimum atomic E-state index is -3.53. The van der Waals surface area contributed by atoms with E-state index >= 15 is 0 Å². The zero-order valence-electron chi connectivity index (χ0n) is 12.1. The van der Waals surface area contributed by atoms with Crippen LogP contribution in [0.5, 0.6) is 0 Å². The summed E-state index contributed by atoms with van der Waals surface area (Å²) in [6, 6.07) is 6.30. The van der Waals surface area contributed by atoms with Crippen LogP contribution < -0.4 is 4.90 Å². The Kier molecular flexibility index (Phi) is 6.44. The predicted octanol–water partition coefficient (Wildman–Crippen LogP) is 1.68. The van der Waals surface area contributed by atoms with Gasteiger partial charge < -0.3 is 9.64 Å². The molecule has 0 aliphatic rings. The maximum absolute atomic E-state index is 11.7. The van der Waals surface area contributed by atoms with Crippen molar-refractivity contribution in [2.24, 2.45) is 0 Å². The summed E-state index contributed by atoms with van der Waals surface area (Å²) in [4.78, 5) is 13.4. The molecular formula is C13H18ClNO5S. The number of nitrogens with zero attached hydrogens (tertiary/aromatic N) is 1. The van der Waals surface area contributed by atoms with E-state index in [1.165, 1.54) is 7.11 Å². The van der Waals surface area contributed by atoms with E-state index in [-0.39, 0.29) is 13.2 Å². The third-order valence-corrected chi connectivity index (χ3v) is 3.61. The molecule has 118 valence electrons. The molecule has 0 aliphatic heterocycles. The van der Waals surface area contributed by atoms with E-state index in [2.05, 4.69) is 0 Å². The van der Waals surface area contributed by atoms with Gasteiger partial charge >= 0.3 is 5.97 Å². The molecule has 1 rings (SSSR count). The van der Waals surface area contributed by atoms with Crippen molar-refractivity contribution in [2.45, 2.75) is 13.0 Å². The molecule has 0 saturated carbocycles. The van der Waals surface area contributed by atoms with Gasteiger partial charge in [0.25, 0.3) is 10.1 Å². The fourth-order valence-electron chi connectivity index (χ4n) is 1.79. The summed E-state index contributed by atoms with van der Waals surface area (Å²) in [7, 11) is -2.24. The molecule has 0 amide bonds. The monoisotopic (exact) mass is 335 g/mol. The smallest absolute Gasteiger partial charge is 0.328 e. The number of rotatable bonds is 7. The summed E-state index contributed by atoms with van der Waals surface area (Å²) in [5, 5.41) is 0.513. The van der Waals surface area contributed by atoms with E-state index in [0.29, 0.717) is 10.7 Å². The quantitative estimate of drug-likeness (QED) is 0.557. The Hall–Kier alpha value is -1.31. The molecule has 0 spiro atoms. The average Bonchev–Trinajstić information content (AvgIpc) is 2.41. The first kappa shape index (κ1) is 17.7. The largest absolute Gasteiger partial charge is 0.467 e. The number of hydrogen-bond donors (Lipinski definition) is 0. The second-order valence-electron chi connectivity index (χ2n) is 4.40. The normalized spacial score (nSPS) is 12.8. The first-order valence-electron chi connectivity index (χ1n) is 6.19. The maximum Gasteiger partial charge on any atom is 0.328 e. The second-order valence-corrected chi connectivity index (χ2v) is 6.48. The van der Waals surface area contributed by atoms with Gasteiger partial charge in [0.15, 0.2) is 0 Å². The van der Waals surface area contributed by atoms with Crippen molar-refractivity contribution in [3.05, 3.63) is 29.3 Å². The van der Waals surface area contributed by atoms with Gasteiger partial charge in [-0.25, -0.2) is 4.79 Å². The van der Waals surface area contributed by atoms with Gasteiger partial charge in [-0.15, -0.1) is 0 Å². The number of methoxy groups -OCH3 is 1. The SMILES string of the molecule is COC(=O)C(C)N(CCOS(C)(=O)=O)c1cccc(Cl)c1. The molecular weight excluding hydrogens is 318 g/mol. The number of hydrogen-bond acceptors (Lipinski definition) is 6. The molecule has 0 saturated heterocycles. The molecule has 21 heavy (non-hydrogen) atoms. The van der Waals surface area contributed by atoms with E-state index in [0.717, 1.165) is 6.26 Å². The van der Waals surface area contributed by atoms with Crippen molar-refractivity contribution >= 4 is 33.4 Å². The molecule has 0 aromatic heterocycles. The number of esters is 1. The number of halogens is 1. The summed E-state index contributed by atoms with van der Waals surface area (Å²) in [6.07, 6.45) is 0.973. The zero-order chi connectivity index (χ0) is 16.0. The Morgan fingerprint density at radius 2 is 2.10 bits per heavy atom. The van der Waals surface area contributed by atoms with E-state index in [1.807, 2.05) is 0 Å². The summed E-state index contributed by atoms with van der Waals surface area (Å²) >= 11 is 5.94. The molecule has 0 aliphatic carbocycles.